The monoisotopic (exact) mass is 325 g/mol. The number of amides is 3. The van der Waals surface area contributed by atoms with Crippen LogP contribution in [0.3, 0.4) is 0 Å². The maximum Gasteiger partial charge on any atom is 0.255 e. The second kappa shape index (κ2) is 5.00. The standard InChI is InChI=1S/C12H12BrN3O3/c1-6-11(18)15-10(17)5-16(6)12(19)7-2-3-8(13)9(14)4-7/h2-4,6H,5,14H2,1H3,(H,15,17,18). The van der Waals surface area contributed by atoms with E-state index in [9.17, 15) is 14.4 Å². The third-order valence-electron chi connectivity index (χ3n) is 2.93. The van der Waals surface area contributed by atoms with Gasteiger partial charge in [-0.3, -0.25) is 19.7 Å². The fraction of sp³-hybridized carbons (Fsp3) is 0.250. The summed E-state index contributed by atoms with van der Waals surface area (Å²) in [6, 6.07) is 4.07. The Kier molecular flexibility index (Phi) is 3.57. The Labute approximate surface area is 118 Å². The summed E-state index contributed by atoms with van der Waals surface area (Å²) in [5.74, 6) is -1.36. The molecule has 7 heteroatoms. The number of carbonyl (C=O) groups is 3. The second-order valence-corrected chi connectivity index (χ2v) is 5.11. The highest BCUT2D eigenvalue weighted by Crippen LogP contribution is 2.22. The smallest absolute Gasteiger partial charge is 0.255 e. The number of piperazine rings is 1. The van der Waals surface area contributed by atoms with Crippen molar-refractivity contribution in [2.24, 2.45) is 0 Å². The molecule has 1 fully saturated rings. The van der Waals surface area contributed by atoms with E-state index in [-0.39, 0.29) is 6.54 Å². The van der Waals surface area contributed by atoms with E-state index >= 15 is 0 Å². The Balaban J connectivity index is 2.29. The van der Waals surface area contributed by atoms with Crippen molar-refractivity contribution in [1.82, 2.24) is 10.2 Å². The largest absolute Gasteiger partial charge is 0.398 e. The number of nitrogens with two attached hydrogens (primary N) is 1. The number of hydrogen-bond acceptors (Lipinski definition) is 4. The van der Waals surface area contributed by atoms with Gasteiger partial charge in [-0.25, -0.2) is 0 Å². The summed E-state index contributed by atoms with van der Waals surface area (Å²) in [6.45, 7) is 1.43. The lowest BCUT2D eigenvalue weighted by molar-refractivity contribution is -0.138. The van der Waals surface area contributed by atoms with Gasteiger partial charge < -0.3 is 10.6 Å². The van der Waals surface area contributed by atoms with Crippen molar-refractivity contribution in [3.05, 3.63) is 28.2 Å². The van der Waals surface area contributed by atoms with Crippen LogP contribution in [0.4, 0.5) is 5.69 Å². The number of imide groups is 1. The Bertz CT molecular complexity index is 573. The number of hydrogen-bond donors (Lipinski definition) is 2. The molecule has 100 valence electrons. The molecule has 3 N–H and O–H groups in total. The molecule has 3 amide bonds. The van der Waals surface area contributed by atoms with E-state index < -0.39 is 23.8 Å². The number of benzene rings is 1. The molecule has 1 saturated heterocycles. The van der Waals surface area contributed by atoms with Crippen molar-refractivity contribution in [3.63, 3.8) is 0 Å². The van der Waals surface area contributed by atoms with Crippen LogP contribution in [0, 0.1) is 0 Å². The lowest BCUT2D eigenvalue weighted by Gasteiger charge is -2.31. The van der Waals surface area contributed by atoms with Crippen LogP contribution in [0.15, 0.2) is 22.7 Å². The van der Waals surface area contributed by atoms with Crippen LogP contribution in [0.1, 0.15) is 17.3 Å². The van der Waals surface area contributed by atoms with Crippen molar-refractivity contribution in [3.8, 4) is 0 Å². The third-order valence-corrected chi connectivity index (χ3v) is 3.65. The van der Waals surface area contributed by atoms with E-state index in [1.807, 2.05) is 0 Å². The molecule has 0 aromatic heterocycles. The minimum atomic E-state index is -0.685. The molecule has 1 aliphatic heterocycles. The molecule has 0 radical (unpaired) electrons. The van der Waals surface area contributed by atoms with Gasteiger partial charge in [0.05, 0.1) is 0 Å². The van der Waals surface area contributed by atoms with E-state index in [0.717, 1.165) is 0 Å². The molecule has 6 nitrogen and oxygen atoms in total. The summed E-state index contributed by atoms with van der Waals surface area (Å²) >= 11 is 3.24. The quantitative estimate of drug-likeness (QED) is 0.581. The predicted molar refractivity (Wildman–Crippen MR) is 72.2 cm³/mol. The average molecular weight is 326 g/mol. The van der Waals surface area contributed by atoms with Crippen molar-refractivity contribution >= 4 is 39.3 Å². The van der Waals surface area contributed by atoms with Crippen LogP contribution >= 0.6 is 15.9 Å². The zero-order valence-electron chi connectivity index (χ0n) is 10.1. The molecule has 19 heavy (non-hydrogen) atoms. The molecule has 2 rings (SSSR count). The highest BCUT2D eigenvalue weighted by Gasteiger charge is 2.33. The molecule has 1 unspecified atom stereocenters. The van der Waals surface area contributed by atoms with Crippen molar-refractivity contribution in [1.29, 1.82) is 0 Å². The molecule has 0 spiro atoms. The maximum absolute atomic E-state index is 12.3. The van der Waals surface area contributed by atoms with E-state index in [2.05, 4.69) is 21.2 Å². The first-order valence-corrected chi connectivity index (χ1v) is 6.39. The lowest BCUT2D eigenvalue weighted by atomic mass is 10.1. The van der Waals surface area contributed by atoms with Gasteiger partial charge in [0.1, 0.15) is 12.6 Å². The van der Waals surface area contributed by atoms with Gasteiger partial charge in [0, 0.05) is 15.7 Å². The molecule has 0 bridgehead atoms. The van der Waals surface area contributed by atoms with Crippen LogP contribution in [0.5, 0.6) is 0 Å². The van der Waals surface area contributed by atoms with Gasteiger partial charge in [0.15, 0.2) is 0 Å². The van der Waals surface area contributed by atoms with E-state index in [1.54, 1.807) is 19.1 Å². The Morgan fingerprint density at radius 3 is 2.79 bits per heavy atom. The highest BCUT2D eigenvalue weighted by atomic mass is 79.9. The summed E-state index contributed by atoms with van der Waals surface area (Å²) in [6.07, 6.45) is 0. The average Bonchev–Trinajstić information content (AvgIpc) is 2.36. The summed E-state index contributed by atoms with van der Waals surface area (Å²) in [4.78, 5) is 36.4. The summed E-state index contributed by atoms with van der Waals surface area (Å²) in [5, 5.41) is 2.18. The number of carbonyl (C=O) groups excluding carboxylic acids is 3. The Morgan fingerprint density at radius 2 is 2.16 bits per heavy atom. The maximum atomic E-state index is 12.3. The van der Waals surface area contributed by atoms with Gasteiger partial charge >= 0.3 is 0 Å². The van der Waals surface area contributed by atoms with Crippen molar-refractivity contribution in [2.75, 3.05) is 12.3 Å². The normalized spacial score (nSPS) is 19.3. The minimum Gasteiger partial charge on any atom is -0.398 e. The number of rotatable bonds is 1. The van der Waals surface area contributed by atoms with E-state index in [4.69, 9.17) is 5.73 Å². The Hall–Kier alpha value is -1.89. The zero-order valence-corrected chi connectivity index (χ0v) is 11.7. The summed E-state index contributed by atoms with van der Waals surface area (Å²) in [5.41, 5.74) is 6.48. The zero-order chi connectivity index (χ0) is 14.2. The number of nitrogens with zero attached hydrogens (tertiary/aromatic N) is 1. The van der Waals surface area contributed by atoms with Crippen LogP contribution in [-0.2, 0) is 9.59 Å². The third kappa shape index (κ3) is 2.60. The molecule has 0 aliphatic carbocycles. The fourth-order valence-corrected chi connectivity index (χ4v) is 2.05. The number of halogens is 1. The van der Waals surface area contributed by atoms with E-state index in [1.165, 1.54) is 11.0 Å². The molecule has 1 aromatic carbocycles. The number of nitrogens with one attached hydrogen (secondary N) is 1. The molecule has 1 heterocycles. The SMILES string of the molecule is CC1C(=O)NC(=O)CN1C(=O)c1ccc(Br)c(N)c1. The highest BCUT2D eigenvalue weighted by molar-refractivity contribution is 9.10. The van der Waals surface area contributed by atoms with Gasteiger partial charge in [-0.2, -0.15) is 0 Å². The van der Waals surface area contributed by atoms with E-state index in [0.29, 0.717) is 15.7 Å². The van der Waals surface area contributed by atoms with Crippen LogP contribution < -0.4 is 11.1 Å². The summed E-state index contributed by atoms with van der Waals surface area (Å²) < 4.78 is 0.685. The van der Waals surface area contributed by atoms with Gasteiger partial charge in [-0.05, 0) is 41.1 Å². The van der Waals surface area contributed by atoms with Gasteiger partial charge in [0.2, 0.25) is 11.8 Å². The number of anilines is 1. The fourth-order valence-electron chi connectivity index (χ4n) is 1.80. The molecular formula is C12H12BrN3O3. The minimum absolute atomic E-state index is 0.137. The van der Waals surface area contributed by atoms with Crippen LogP contribution in [-0.4, -0.2) is 35.2 Å². The Morgan fingerprint density at radius 1 is 1.47 bits per heavy atom. The van der Waals surface area contributed by atoms with Crippen molar-refractivity contribution in [2.45, 2.75) is 13.0 Å². The van der Waals surface area contributed by atoms with Crippen LogP contribution in [0.25, 0.3) is 0 Å². The first-order valence-electron chi connectivity index (χ1n) is 5.60. The molecule has 1 aromatic rings. The van der Waals surface area contributed by atoms with Gasteiger partial charge in [-0.15, -0.1) is 0 Å². The second-order valence-electron chi connectivity index (χ2n) is 4.26. The topological polar surface area (TPSA) is 92.5 Å². The summed E-state index contributed by atoms with van der Waals surface area (Å²) in [7, 11) is 0. The first-order chi connectivity index (χ1) is 8.90. The molecule has 1 aliphatic rings. The van der Waals surface area contributed by atoms with Gasteiger partial charge in [-0.1, -0.05) is 0 Å². The lowest BCUT2D eigenvalue weighted by Crippen LogP contribution is -2.58. The molecule has 0 saturated carbocycles. The predicted octanol–water partition coefficient (Wildman–Crippen LogP) is 0.518. The first kappa shape index (κ1) is 13.5. The van der Waals surface area contributed by atoms with Crippen LogP contribution in [0.2, 0.25) is 0 Å². The van der Waals surface area contributed by atoms with Crippen molar-refractivity contribution < 1.29 is 14.4 Å². The molecule has 1 atom stereocenters. The molecular weight excluding hydrogens is 314 g/mol. The number of nitrogen functional groups attached to an aromatic ring is 1. The van der Waals surface area contributed by atoms with Gasteiger partial charge in [0.25, 0.3) is 5.91 Å².